The Morgan fingerprint density at radius 3 is 2.85 bits per heavy atom. The number of rotatable bonds is 5. The molecule has 0 aliphatic carbocycles. The van der Waals surface area contributed by atoms with Gasteiger partial charge in [-0.05, 0) is 19.9 Å². The molecule has 0 spiro atoms. The quantitative estimate of drug-likeness (QED) is 0.697. The lowest BCUT2D eigenvalue weighted by molar-refractivity contribution is 0.0111. The fourth-order valence-corrected chi connectivity index (χ4v) is 1.95. The average Bonchev–Trinajstić information content (AvgIpc) is 2.46. The summed E-state index contributed by atoms with van der Waals surface area (Å²) in [5, 5.41) is 3.39. The van der Waals surface area contributed by atoms with Crippen LogP contribution in [-0.2, 0) is 9.47 Å². The first kappa shape index (κ1) is 11.0. The predicted octanol–water partition coefficient (Wildman–Crippen LogP) is 1.04. The number of methoxy groups -OCH3 is 1. The standard InChI is InChI=1S/C10H21NO2/c1-4-11-7-10(8-12-3)5-6-13-9(10)2/h9,11H,4-8H2,1-3H3. The van der Waals surface area contributed by atoms with Crippen LogP contribution in [0.1, 0.15) is 20.3 Å². The molecule has 1 aliphatic heterocycles. The highest BCUT2D eigenvalue weighted by Gasteiger charge is 2.41. The molecule has 1 heterocycles. The Morgan fingerprint density at radius 1 is 1.62 bits per heavy atom. The van der Waals surface area contributed by atoms with Crippen molar-refractivity contribution in [3.05, 3.63) is 0 Å². The fraction of sp³-hybridized carbons (Fsp3) is 1.00. The van der Waals surface area contributed by atoms with E-state index < -0.39 is 0 Å². The largest absolute Gasteiger partial charge is 0.384 e. The van der Waals surface area contributed by atoms with Crippen molar-refractivity contribution in [2.45, 2.75) is 26.4 Å². The second-order valence-corrected chi connectivity index (χ2v) is 3.84. The SMILES string of the molecule is CCNCC1(COC)CCOC1C. The first-order valence-electron chi connectivity index (χ1n) is 5.06. The van der Waals surface area contributed by atoms with Gasteiger partial charge in [0.2, 0.25) is 0 Å². The maximum Gasteiger partial charge on any atom is 0.0638 e. The molecule has 0 radical (unpaired) electrons. The summed E-state index contributed by atoms with van der Waals surface area (Å²) in [4.78, 5) is 0. The minimum absolute atomic E-state index is 0.199. The summed E-state index contributed by atoms with van der Waals surface area (Å²) in [5.41, 5.74) is 0.199. The molecule has 1 aliphatic rings. The molecule has 3 nitrogen and oxygen atoms in total. The molecule has 0 saturated carbocycles. The van der Waals surface area contributed by atoms with Crippen LogP contribution in [0.2, 0.25) is 0 Å². The van der Waals surface area contributed by atoms with Crippen LogP contribution in [-0.4, -0.2) is 39.5 Å². The molecule has 1 rings (SSSR count). The number of hydrogen-bond acceptors (Lipinski definition) is 3. The van der Waals surface area contributed by atoms with E-state index in [0.29, 0.717) is 6.10 Å². The van der Waals surface area contributed by atoms with Crippen molar-refractivity contribution in [1.82, 2.24) is 5.32 Å². The zero-order valence-corrected chi connectivity index (χ0v) is 8.93. The zero-order chi connectivity index (χ0) is 9.73. The molecular formula is C10H21NO2. The van der Waals surface area contributed by atoms with Crippen LogP contribution in [0.25, 0.3) is 0 Å². The van der Waals surface area contributed by atoms with Gasteiger partial charge in [-0.3, -0.25) is 0 Å². The van der Waals surface area contributed by atoms with Crippen molar-refractivity contribution in [1.29, 1.82) is 0 Å². The van der Waals surface area contributed by atoms with E-state index in [1.807, 2.05) is 0 Å². The molecule has 3 heteroatoms. The van der Waals surface area contributed by atoms with Crippen molar-refractivity contribution >= 4 is 0 Å². The summed E-state index contributed by atoms with van der Waals surface area (Å²) in [6.45, 7) is 7.94. The van der Waals surface area contributed by atoms with E-state index in [9.17, 15) is 0 Å². The molecule has 1 saturated heterocycles. The molecule has 2 atom stereocenters. The van der Waals surface area contributed by atoms with Crippen LogP contribution >= 0.6 is 0 Å². The van der Waals surface area contributed by atoms with E-state index >= 15 is 0 Å². The molecule has 1 fully saturated rings. The van der Waals surface area contributed by atoms with Crippen LogP contribution in [0, 0.1) is 5.41 Å². The topological polar surface area (TPSA) is 30.5 Å². The highest BCUT2D eigenvalue weighted by molar-refractivity contribution is 4.91. The second kappa shape index (κ2) is 4.94. The van der Waals surface area contributed by atoms with Gasteiger partial charge in [0.15, 0.2) is 0 Å². The lowest BCUT2D eigenvalue weighted by Gasteiger charge is -2.31. The zero-order valence-electron chi connectivity index (χ0n) is 8.93. The van der Waals surface area contributed by atoms with Gasteiger partial charge in [0.05, 0.1) is 12.7 Å². The van der Waals surface area contributed by atoms with Crippen molar-refractivity contribution in [2.24, 2.45) is 5.41 Å². The van der Waals surface area contributed by atoms with Crippen LogP contribution in [0.3, 0.4) is 0 Å². The smallest absolute Gasteiger partial charge is 0.0638 e. The summed E-state index contributed by atoms with van der Waals surface area (Å²) in [6.07, 6.45) is 1.42. The number of hydrogen-bond donors (Lipinski definition) is 1. The lowest BCUT2D eigenvalue weighted by atomic mass is 9.82. The molecule has 1 N–H and O–H groups in total. The Labute approximate surface area is 80.8 Å². The molecule has 0 aromatic heterocycles. The van der Waals surface area contributed by atoms with Gasteiger partial charge in [-0.1, -0.05) is 6.92 Å². The Balaban J connectivity index is 2.51. The maximum atomic E-state index is 5.60. The summed E-state index contributed by atoms with van der Waals surface area (Å²) in [6, 6.07) is 0. The Morgan fingerprint density at radius 2 is 2.38 bits per heavy atom. The van der Waals surface area contributed by atoms with Crippen LogP contribution in [0.4, 0.5) is 0 Å². The second-order valence-electron chi connectivity index (χ2n) is 3.84. The van der Waals surface area contributed by atoms with E-state index in [-0.39, 0.29) is 5.41 Å². The molecule has 13 heavy (non-hydrogen) atoms. The highest BCUT2D eigenvalue weighted by atomic mass is 16.5. The average molecular weight is 187 g/mol. The Bertz CT molecular complexity index is 152. The van der Waals surface area contributed by atoms with E-state index in [1.165, 1.54) is 0 Å². The van der Waals surface area contributed by atoms with Gasteiger partial charge in [-0.25, -0.2) is 0 Å². The van der Waals surface area contributed by atoms with Crippen molar-refractivity contribution < 1.29 is 9.47 Å². The fourth-order valence-electron chi connectivity index (χ4n) is 1.95. The van der Waals surface area contributed by atoms with E-state index in [2.05, 4.69) is 19.2 Å². The van der Waals surface area contributed by atoms with E-state index in [4.69, 9.17) is 9.47 Å². The normalized spacial score (nSPS) is 33.9. The first-order valence-corrected chi connectivity index (χ1v) is 5.06. The van der Waals surface area contributed by atoms with Crippen LogP contribution in [0.5, 0.6) is 0 Å². The van der Waals surface area contributed by atoms with Crippen LogP contribution in [0.15, 0.2) is 0 Å². The van der Waals surface area contributed by atoms with Gasteiger partial charge in [-0.2, -0.15) is 0 Å². The summed E-state index contributed by atoms with van der Waals surface area (Å²) < 4.78 is 10.9. The molecule has 2 unspecified atom stereocenters. The van der Waals surface area contributed by atoms with Crippen molar-refractivity contribution in [3.63, 3.8) is 0 Å². The molecule has 0 aromatic rings. The van der Waals surface area contributed by atoms with Crippen molar-refractivity contribution in [2.75, 3.05) is 33.4 Å². The number of nitrogens with one attached hydrogen (secondary N) is 1. The van der Waals surface area contributed by atoms with Gasteiger partial charge in [0.25, 0.3) is 0 Å². The molecule has 0 bridgehead atoms. The molecule has 0 aromatic carbocycles. The minimum atomic E-state index is 0.199. The maximum absolute atomic E-state index is 5.60. The lowest BCUT2D eigenvalue weighted by Crippen LogP contribution is -2.42. The molecule has 0 amide bonds. The summed E-state index contributed by atoms with van der Waals surface area (Å²) >= 11 is 0. The third kappa shape index (κ3) is 2.42. The van der Waals surface area contributed by atoms with Gasteiger partial charge in [0, 0.05) is 25.7 Å². The summed E-state index contributed by atoms with van der Waals surface area (Å²) in [7, 11) is 1.76. The molecule has 78 valence electrons. The number of ether oxygens (including phenoxy) is 2. The predicted molar refractivity (Wildman–Crippen MR) is 52.9 cm³/mol. The van der Waals surface area contributed by atoms with Gasteiger partial charge < -0.3 is 14.8 Å². The minimum Gasteiger partial charge on any atom is -0.384 e. The van der Waals surface area contributed by atoms with E-state index in [0.717, 1.165) is 32.7 Å². The van der Waals surface area contributed by atoms with Gasteiger partial charge in [0.1, 0.15) is 0 Å². The third-order valence-corrected chi connectivity index (χ3v) is 2.99. The van der Waals surface area contributed by atoms with Gasteiger partial charge in [-0.15, -0.1) is 0 Å². The summed E-state index contributed by atoms with van der Waals surface area (Å²) in [5.74, 6) is 0. The van der Waals surface area contributed by atoms with Crippen LogP contribution < -0.4 is 5.32 Å². The van der Waals surface area contributed by atoms with E-state index in [1.54, 1.807) is 7.11 Å². The Hall–Kier alpha value is -0.120. The monoisotopic (exact) mass is 187 g/mol. The third-order valence-electron chi connectivity index (χ3n) is 2.99. The van der Waals surface area contributed by atoms with Crippen molar-refractivity contribution in [3.8, 4) is 0 Å². The highest BCUT2D eigenvalue weighted by Crippen LogP contribution is 2.34. The Kier molecular flexibility index (Phi) is 4.16. The first-order chi connectivity index (χ1) is 6.25. The molecular weight excluding hydrogens is 166 g/mol. The van der Waals surface area contributed by atoms with Gasteiger partial charge >= 0.3 is 0 Å².